The van der Waals surface area contributed by atoms with Crippen LogP contribution in [0.4, 0.5) is 5.69 Å². The van der Waals surface area contributed by atoms with E-state index in [2.05, 4.69) is 15.6 Å². The zero-order chi connectivity index (χ0) is 24.5. The summed E-state index contributed by atoms with van der Waals surface area (Å²) in [6, 6.07) is 16.5. The SMILES string of the molecule is O=C(NCc1ccc(Cl)cc1)c1ccc2c(c1)CNCCCCCCCN2C(=O)c1ccncc1. The molecule has 1 aliphatic rings. The summed E-state index contributed by atoms with van der Waals surface area (Å²) in [6.45, 7) is 2.55. The van der Waals surface area contributed by atoms with Crippen LogP contribution < -0.4 is 15.5 Å². The van der Waals surface area contributed by atoms with Crippen molar-refractivity contribution in [3.05, 3.63) is 94.3 Å². The largest absolute Gasteiger partial charge is 0.348 e. The van der Waals surface area contributed by atoms with Crippen molar-refractivity contribution in [3.8, 4) is 0 Å². The van der Waals surface area contributed by atoms with Crippen LogP contribution in [0.5, 0.6) is 0 Å². The van der Waals surface area contributed by atoms with Gasteiger partial charge in [0.2, 0.25) is 0 Å². The van der Waals surface area contributed by atoms with Gasteiger partial charge in [0.15, 0.2) is 0 Å². The fourth-order valence-electron chi connectivity index (χ4n) is 4.27. The van der Waals surface area contributed by atoms with Crippen molar-refractivity contribution < 1.29 is 9.59 Å². The molecule has 1 aliphatic heterocycles. The van der Waals surface area contributed by atoms with Gasteiger partial charge in [-0.2, -0.15) is 0 Å². The highest BCUT2D eigenvalue weighted by Gasteiger charge is 2.21. The maximum Gasteiger partial charge on any atom is 0.258 e. The van der Waals surface area contributed by atoms with Gasteiger partial charge in [0.05, 0.1) is 0 Å². The molecule has 182 valence electrons. The third kappa shape index (κ3) is 6.90. The van der Waals surface area contributed by atoms with Crippen molar-refractivity contribution in [2.75, 3.05) is 18.0 Å². The summed E-state index contributed by atoms with van der Waals surface area (Å²) in [5.74, 6) is -0.202. The van der Waals surface area contributed by atoms with Crippen molar-refractivity contribution in [2.24, 2.45) is 0 Å². The number of pyridine rings is 1. The number of hydrogen-bond donors (Lipinski definition) is 2. The third-order valence-corrected chi connectivity index (χ3v) is 6.47. The summed E-state index contributed by atoms with van der Waals surface area (Å²) in [5, 5.41) is 7.14. The monoisotopic (exact) mass is 490 g/mol. The second-order valence-corrected chi connectivity index (χ2v) is 9.23. The number of benzene rings is 2. The fraction of sp³-hybridized carbons (Fsp3) is 0.321. The Morgan fingerprint density at radius 2 is 1.66 bits per heavy atom. The number of nitrogens with one attached hydrogen (secondary N) is 2. The van der Waals surface area contributed by atoms with E-state index in [1.54, 1.807) is 30.6 Å². The van der Waals surface area contributed by atoms with E-state index in [1.165, 1.54) is 12.8 Å². The Balaban J connectivity index is 1.59. The molecule has 0 saturated carbocycles. The van der Waals surface area contributed by atoms with Gasteiger partial charge in [0.1, 0.15) is 0 Å². The van der Waals surface area contributed by atoms with E-state index in [1.807, 2.05) is 41.3 Å². The van der Waals surface area contributed by atoms with Gasteiger partial charge in [0.25, 0.3) is 11.8 Å². The van der Waals surface area contributed by atoms with E-state index in [9.17, 15) is 9.59 Å². The van der Waals surface area contributed by atoms with Gasteiger partial charge in [0, 0.05) is 53.9 Å². The number of amides is 2. The zero-order valence-corrected chi connectivity index (χ0v) is 20.6. The van der Waals surface area contributed by atoms with Gasteiger partial charge in [-0.1, -0.05) is 43.0 Å². The van der Waals surface area contributed by atoms with Crippen molar-refractivity contribution in [2.45, 2.75) is 45.2 Å². The Bertz CT molecular complexity index is 1140. The first kappa shape index (κ1) is 24.9. The quantitative estimate of drug-likeness (QED) is 0.516. The molecule has 0 aliphatic carbocycles. The Morgan fingerprint density at radius 1 is 0.914 bits per heavy atom. The van der Waals surface area contributed by atoms with E-state index in [-0.39, 0.29) is 11.8 Å². The molecular formula is C28H31ClN4O2. The highest BCUT2D eigenvalue weighted by Crippen LogP contribution is 2.26. The minimum atomic E-state index is -0.152. The molecule has 1 aromatic heterocycles. The van der Waals surface area contributed by atoms with Gasteiger partial charge in [-0.3, -0.25) is 14.6 Å². The van der Waals surface area contributed by atoms with Crippen LogP contribution in [0.25, 0.3) is 0 Å². The second kappa shape index (κ2) is 12.5. The first-order valence-corrected chi connectivity index (χ1v) is 12.6. The zero-order valence-electron chi connectivity index (χ0n) is 19.8. The summed E-state index contributed by atoms with van der Waals surface area (Å²) in [7, 11) is 0. The normalized spacial score (nSPS) is 14.8. The number of rotatable bonds is 4. The number of anilines is 1. The number of carbonyl (C=O) groups excluding carboxylic acids is 2. The Morgan fingerprint density at radius 3 is 2.46 bits per heavy atom. The van der Waals surface area contributed by atoms with Crippen LogP contribution in [-0.2, 0) is 13.1 Å². The Labute approximate surface area is 211 Å². The Kier molecular flexibility index (Phi) is 8.87. The number of fused-ring (bicyclic) bond motifs is 1. The smallest absolute Gasteiger partial charge is 0.258 e. The lowest BCUT2D eigenvalue weighted by molar-refractivity contribution is 0.0949. The first-order valence-electron chi connectivity index (χ1n) is 12.2. The van der Waals surface area contributed by atoms with Crippen LogP contribution in [0.1, 0.15) is 63.9 Å². The third-order valence-electron chi connectivity index (χ3n) is 6.22. The minimum absolute atomic E-state index is 0.0503. The molecule has 0 fully saturated rings. The lowest BCUT2D eigenvalue weighted by Crippen LogP contribution is -2.34. The molecule has 7 heteroatoms. The van der Waals surface area contributed by atoms with E-state index < -0.39 is 0 Å². The van der Waals surface area contributed by atoms with Gasteiger partial charge in [-0.05, 0) is 73.0 Å². The molecule has 6 nitrogen and oxygen atoms in total. The van der Waals surface area contributed by atoms with E-state index >= 15 is 0 Å². The summed E-state index contributed by atoms with van der Waals surface area (Å²) in [5.41, 5.74) is 3.94. The second-order valence-electron chi connectivity index (χ2n) is 8.79. The molecule has 2 heterocycles. The molecule has 2 N–H and O–H groups in total. The summed E-state index contributed by atoms with van der Waals surface area (Å²) in [6.07, 6.45) is 8.76. The summed E-state index contributed by atoms with van der Waals surface area (Å²) >= 11 is 5.95. The molecule has 0 atom stereocenters. The predicted molar refractivity (Wildman–Crippen MR) is 140 cm³/mol. The highest BCUT2D eigenvalue weighted by molar-refractivity contribution is 6.30. The van der Waals surface area contributed by atoms with Crippen molar-refractivity contribution in [1.29, 1.82) is 0 Å². The molecule has 2 aromatic carbocycles. The lowest BCUT2D eigenvalue weighted by atomic mass is 10.0. The van der Waals surface area contributed by atoms with Crippen molar-refractivity contribution in [1.82, 2.24) is 15.6 Å². The maximum absolute atomic E-state index is 13.5. The van der Waals surface area contributed by atoms with Crippen LogP contribution in [0.3, 0.4) is 0 Å². The standard InChI is InChI=1S/C28H31ClN4O2/c29-25-9-6-21(7-10-25)19-32-27(34)23-8-11-26-24(18-23)20-31-14-4-2-1-3-5-17-33(26)28(35)22-12-15-30-16-13-22/h6-13,15-16,18,31H,1-5,14,17,19-20H2,(H,32,34). The molecule has 2 amide bonds. The van der Waals surface area contributed by atoms with E-state index in [0.717, 1.165) is 42.6 Å². The van der Waals surface area contributed by atoms with Crippen LogP contribution in [0.15, 0.2) is 67.0 Å². The molecule has 0 unspecified atom stereocenters. The Hall–Kier alpha value is -3.22. The lowest BCUT2D eigenvalue weighted by Gasteiger charge is -2.27. The summed E-state index contributed by atoms with van der Waals surface area (Å²) in [4.78, 5) is 32.3. The highest BCUT2D eigenvalue weighted by atomic mass is 35.5. The number of hydrogen-bond acceptors (Lipinski definition) is 4. The number of halogens is 1. The van der Waals surface area contributed by atoms with Crippen molar-refractivity contribution in [3.63, 3.8) is 0 Å². The fourth-order valence-corrected chi connectivity index (χ4v) is 4.40. The minimum Gasteiger partial charge on any atom is -0.348 e. The van der Waals surface area contributed by atoms with Gasteiger partial charge >= 0.3 is 0 Å². The van der Waals surface area contributed by atoms with E-state index in [0.29, 0.717) is 35.8 Å². The van der Waals surface area contributed by atoms with Gasteiger partial charge < -0.3 is 15.5 Å². The molecule has 0 spiro atoms. The molecule has 0 saturated heterocycles. The average molecular weight is 491 g/mol. The van der Waals surface area contributed by atoms with E-state index in [4.69, 9.17) is 11.6 Å². The van der Waals surface area contributed by atoms with Crippen LogP contribution >= 0.6 is 11.6 Å². The number of carbonyl (C=O) groups is 2. The first-order chi connectivity index (χ1) is 17.1. The van der Waals surface area contributed by atoms with Crippen LogP contribution in [0.2, 0.25) is 5.02 Å². The maximum atomic E-state index is 13.5. The molecule has 0 radical (unpaired) electrons. The molecule has 3 aromatic rings. The number of aromatic nitrogens is 1. The van der Waals surface area contributed by atoms with Crippen molar-refractivity contribution >= 4 is 29.1 Å². The predicted octanol–water partition coefficient (Wildman–Crippen LogP) is 5.37. The molecule has 35 heavy (non-hydrogen) atoms. The van der Waals surface area contributed by atoms with Gasteiger partial charge in [-0.15, -0.1) is 0 Å². The van der Waals surface area contributed by atoms with Crippen LogP contribution in [0, 0.1) is 0 Å². The molecule has 0 bridgehead atoms. The average Bonchev–Trinajstić information content (AvgIpc) is 2.88. The van der Waals surface area contributed by atoms with Crippen LogP contribution in [-0.4, -0.2) is 29.9 Å². The topological polar surface area (TPSA) is 74.3 Å². The number of nitrogens with zero attached hydrogens (tertiary/aromatic N) is 2. The molecular weight excluding hydrogens is 460 g/mol. The summed E-state index contributed by atoms with van der Waals surface area (Å²) < 4.78 is 0. The van der Waals surface area contributed by atoms with Gasteiger partial charge in [-0.25, -0.2) is 0 Å². The molecule has 4 rings (SSSR count).